The molecule has 1 atom stereocenters. The average Bonchev–Trinajstić information content (AvgIpc) is 2.87. The molecular weight excluding hydrogens is 458 g/mol. The van der Waals surface area contributed by atoms with Crippen molar-refractivity contribution in [3.8, 4) is 0 Å². The Morgan fingerprint density at radius 1 is 0.611 bits per heavy atom. The maximum atomic E-state index is 11.1. The fourth-order valence-electron chi connectivity index (χ4n) is 3.76. The van der Waals surface area contributed by atoms with Crippen LogP contribution in [-0.2, 0) is 28.5 Å². The highest BCUT2D eigenvalue weighted by molar-refractivity contribution is 5.69. The van der Waals surface area contributed by atoms with Crippen LogP contribution in [-0.4, -0.2) is 77.6 Å². The summed E-state index contributed by atoms with van der Waals surface area (Å²) in [6.45, 7) is 2.92. The van der Waals surface area contributed by atoms with Crippen LogP contribution in [0.5, 0.6) is 0 Å². The van der Waals surface area contributed by atoms with E-state index in [0.29, 0.717) is 26.1 Å². The second kappa shape index (κ2) is 26.6. The lowest BCUT2D eigenvalue weighted by Crippen LogP contribution is -2.37. The number of allylic oxidation sites excluding steroid dienone is 2. The molecule has 0 radical (unpaired) electrons. The zero-order valence-electron chi connectivity index (χ0n) is 23.8. The van der Waals surface area contributed by atoms with E-state index in [-0.39, 0.29) is 18.0 Å². The molecule has 0 fully saturated rings. The van der Waals surface area contributed by atoms with Crippen molar-refractivity contribution in [3.05, 3.63) is 12.2 Å². The van der Waals surface area contributed by atoms with E-state index in [9.17, 15) is 9.59 Å². The van der Waals surface area contributed by atoms with Gasteiger partial charge < -0.3 is 23.8 Å². The molecule has 0 spiro atoms. The fourth-order valence-corrected chi connectivity index (χ4v) is 3.76. The molecule has 212 valence electrons. The molecule has 7 nitrogen and oxygen atoms in total. The fraction of sp³-hybridized carbons (Fsp3) is 0.862. The number of carbonyl (C=O) groups is 2. The normalized spacial score (nSPS) is 12.4. The topological polar surface area (TPSA) is 74.3 Å². The van der Waals surface area contributed by atoms with Crippen molar-refractivity contribution in [2.45, 2.75) is 109 Å². The highest BCUT2D eigenvalue weighted by Gasteiger charge is 2.11. The molecule has 0 amide bonds. The summed E-state index contributed by atoms with van der Waals surface area (Å²) in [4.78, 5) is 24.3. The van der Waals surface area contributed by atoms with Gasteiger partial charge in [0.05, 0.1) is 33.5 Å². The Kier molecular flexibility index (Phi) is 25.6. The molecule has 7 heteroatoms. The van der Waals surface area contributed by atoms with Gasteiger partial charge in [0.1, 0.15) is 0 Å². The number of likely N-dealkylation sites (N-methyl/N-ethyl adjacent to an activating group) is 1. The van der Waals surface area contributed by atoms with E-state index in [1.165, 1.54) is 52.7 Å². The maximum Gasteiger partial charge on any atom is 0.305 e. The zero-order valence-corrected chi connectivity index (χ0v) is 23.8. The number of hydrogen-bond donors (Lipinski definition) is 0. The minimum atomic E-state index is -0.137. The predicted octanol–water partition coefficient (Wildman–Crippen LogP) is 6.09. The van der Waals surface area contributed by atoms with E-state index in [4.69, 9.17) is 9.47 Å². The van der Waals surface area contributed by atoms with Gasteiger partial charge in [0, 0.05) is 26.1 Å². The number of ether oxygens (including phenoxy) is 4. The first-order chi connectivity index (χ1) is 17.5. The van der Waals surface area contributed by atoms with Gasteiger partial charge >= 0.3 is 11.9 Å². The third kappa shape index (κ3) is 24.3. The SMILES string of the molecule is COC(=O)CCCCC/C=C/CCCCCCCCOCC(COCCCCCC(=O)OC)N(C)C. The Labute approximate surface area is 221 Å². The lowest BCUT2D eigenvalue weighted by molar-refractivity contribution is -0.141. The smallest absolute Gasteiger partial charge is 0.305 e. The summed E-state index contributed by atoms with van der Waals surface area (Å²) in [5.74, 6) is -0.239. The van der Waals surface area contributed by atoms with Crippen LogP contribution < -0.4 is 0 Å². The molecule has 1 unspecified atom stereocenters. The number of nitrogens with zero attached hydrogens (tertiary/aromatic N) is 1. The minimum absolute atomic E-state index is 0.102. The summed E-state index contributed by atoms with van der Waals surface area (Å²) in [7, 11) is 7.01. The Hall–Kier alpha value is -1.44. The van der Waals surface area contributed by atoms with Gasteiger partial charge in [-0.15, -0.1) is 0 Å². The van der Waals surface area contributed by atoms with Crippen LogP contribution >= 0.6 is 0 Å². The maximum absolute atomic E-state index is 11.1. The Morgan fingerprint density at radius 3 is 1.44 bits per heavy atom. The van der Waals surface area contributed by atoms with Gasteiger partial charge in [-0.1, -0.05) is 50.7 Å². The molecule has 0 aliphatic heterocycles. The summed E-state index contributed by atoms with van der Waals surface area (Å²) in [5, 5.41) is 0. The second-order valence-electron chi connectivity index (χ2n) is 9.71. The molecule has 0 aliphatic rings. The molecule has 0 aromatic carbocycles. The quantitative estimate of drug-likeness (QED) is 0.0786. The Morgan fingerprint density at radius 2 is 1.00 bits per heavy atom. The van der Waals surface area contributed by atoms with Crippen molar-refractivity contribution in [1.29, 1.82) is 0 Å². The van der Waals surface area contributed by atoms with Crippen LogP contribution in [0.25, 0.3) is 0 Å². The number of hydrogen-bond acceptors (Lipinski definition) is 7. The number of carbonyl (C=O) groups excluding carboxylic acids is 2. The zero-order chi connectivity index (χ0) is 26.7. The molecule has 0 heterocycles. The number of rotatable bonds is 26. The molecule has 0 saturated heterocycles. The van der Waals surface area contributed by atoms with Gasteiger partial charge in [-0.25, -0.2) is 0 Å². The van der Waals surface area contributed by atoms with Crippen LogP contribution in [0, 0.1) is 0 Å². The summed E-state index contributed by atoms with van der Waals surface area (Å²) >= 11 is 0. The molecule has 0 bridgehead atoms. The Bertz CT molecular complexity index is 538. The molecule has 0 aromatic rings. The summed E-state index contributed by atoms with van der Waals surface area (Å²) in [6, 6.07) is 0.271. The van der Waals surface area contributed by atoms with Crippen LogP contribution in [0.1, 0.15) is 103 Å². The van der Waals surface area contributed by atoms with Crippen molar-refractivity contribution in [3.63, 3.8) is 0 Å². The van der Waals surface area contributed by atoms with Crippen molar-refractivity contribution in [2.75, 3.05) is 54.7 Å². The number of unbranched alkanes of at least 4 members (excludes halogenated alkanes) is 11. The lowest BCUT2D eigenvalue weighted by atomic mass is 10.1. The van der Waals surface area contributed by atoms with Gasteiger partial charge in [-0.3, -0.25) is 9.59 Å². The predicted molar refractivity (Wildman–Crippen MR) is 146 cm³/mol. The first-order valence-electron chi connectivity index (χ1n) is 14.1. The molecular formula is C29H55NO6. The monoisotopic (exact) mass is 513 g/mol. The van der Waals surface area contributed by atoms with Crippen molar-refractivity contribution in [2.24, 2.45) is 0 Å². The van der Waals surface area contributed by atoms with E-state index >= 15 is 0 Å². The Balaban J connectivity index is 3.46. The van der Waals surface area contributed by atoms with Crippen LogP contribution in [0.15, 0.2) is 12.2 Å². The van der Waals surface area contributed by atoms with Gasteiger partial charge in [0.2, 0.25) is 0 Å². The van der Waals surface area contributed by atoms with Gasteiger partial charge in [-0.2, -0.15) is 0 Å². The average molecular weight is 514 g/mol. The van der Waals surface area contributed by atoms with Crippen LogP contribution in [0.4, 0.5) is 0 Å². The van der Waals surface area contributed by atoms with Crippen molar-refractivity contribution in [1.82, 2.24) is 4.90 Å². The van der Waals surface area contributed by atoms with Gasteiger partial charge in [-0.05, 0) is 65.5 Å². The lowest BCUT2D eigenvalue weighted by Gasteiger charge is -2.24. The first kappa shape index (κ1) is 34.6. The largest absolute Gasteiger partial charge is 0.469 e. The van der Waals surface area contributed by atoms with E-state index in [1.807, 2.05) is 0 Å². The van der Waals surface area contributed by atoms with Crippen LogP contribution in [0.3, 0.4) is 0 Å². The highest BCUT2D eigenvalue weighted by atomic mass is 16.5. The highest BCUT2D eigenvalue weighted by Crippen LogP contribution is 2.10. The van der Waals surface area contributed by atoms with E-state index < -0.39 is 0 Å². The number of esters is 2. The molecule has 0 rings (SSSR count). The number of methoxy groups -OCH3 is 2. The van der Waals surface area contributed by atoms with E-state index in [0.717, 1.165) is 64.6 Å². The molecule has 0 aromatic heterocycles. The summed E-state index contributed by atoms with van der Waals surface area (Å²) < 4.78 is 21.0. The van der Waals surface area contributed by atoms with Gasteiger partial charge in [0.25, 0.3) is 0 Å². The molecule has 0 aliphatic carbocycles. The first-order valence-corrected chi connectivity index (χ1v) is 14.1. The van der Waals surface area contributed by atoms with Crippen molar-refractivity contribution < 1.29 is 28.5 Å². The third-order valence-corrected chi connectivity index (χ3v) is 6.30. The standard InChI is InChI=1S/C29H55NO6/c1-30(2)27(26-36-24-20-16-18-22-29(32)34-4)25-35-23-19-15-13-11-9-7-5-6-8-10-12-14-17-21-28(31)33-3/h6,8,27H,5,7,9-26H2,1-4H3/b8-6+. The molecule has 0 N–H and O–H groups in total. The molecule has 36 heavy (non-hydrogen) atoms. The van der Waals surface area contributed by atoms with Crippen LogP contribution in [0.2, 0.25) is 0 Å². The van der Waals surface area contributed by atoms with E-state index in [1.54, 1.807) is 0 Å². The van der Waals surface area contributed by atoms with Gasteiger partial charge in [0.15, 0.2) is 0 Å². The molecule has 0 saturated carbocycles. The second-order valence-corrected chi connectivity index (χ2v) is 9.71. The summed E-state index contributed by atoms with van der Waals surface area (Å²) in [6.07, 6.45) is 21.4. The minimum Gasteiger partial charge on any atom is -0.469 e. The third-order valence-electron chi connectivity index (χ3n) is 6.30. The summed E-state index contributed by atoms with van der Waals surface area (Å²) in [5.41, 5.74) is 0. The van der Waals surface area contributed by atoms with E-state index in [2.05, 4.69) is 40.6 Å². The van der Waals surface area contributed by atoms with Crippen molar-refractivity contribution >= 4 is 11.9 Å².